The maximum absolute atomic E-state index is 12.2. The van der Waals surface area contributed by atoms with Gasteiger partial charge >= 0.3 is 5.97 Å². The van der Waals surface area contributed by atoms with E-state index < -0.39 is 12.0 Å². The Morgan fingerprint density at radius 3 is 1.66 bits per heavy atom. The third-order valence-corrected chi connectivity index (χ3v) is 6.29. The van der Waals surface area contributed by atoms with E-state index in [4.69, 9.17) is 0 Å². The molecule has 32 heavy (non-hydrogen) atoms. The molecule has 0 aliphatic rings. The zero-order chi connectivity index (χ0) is 23.6. The summed E-state index contributed by atoms with van der Waals surface area (Å²) in [5.41, 5.74) is 0.733. The van der Waals surface area contributed by atoms with Gasteiger partial charge in [-0.05, 0) is 50.0 Å². The number of phenols is 2. The number of carbonyl (C=O) groups is 1. The molecule has 1 aromatic carbocycles. The first-order chi connectivity index (χ1) is 15.5. The first kappa shape index (κ1) is 28.3. The predicted molar refractivity (Wildman–Crippen MR) is 132 cm³/mol. The second-order valence-corrected chi connectivity index (χ2v) is 9.16. The Kier molecular flexibility index (Phi) is 15.7. The summed E-state index contributed by atoms with van der Waals surface area (Å²) in [6.45, 7) is 6.04. The number of carboxylic acid groups (broad SMARTS) is 1. The maximum Gasteiger partial charge on any atom is 0.321 e. The van der Waals surface area contributed by atoms with Crippen LogP contribution < -0.4 is 0 Å². The SMILES string of the molecule is CCCCCCCCCN(CCCCCCCCC)[C@@H](Cc1ccc(O)c(O)c1)C(=O)O. The molecule has 184 valence electrons. The molecule has 0 heterocycles. The lowest BCUT2D eigenvalue weighted by atomic mass is 10.0. The lowest BCUT2D eigenvalue weighted by molar-refractivity contribution is -0.143. The summed E-state index contributed by atoms with van der Waals surface area (Å²) < 4.78 is 0. The van der Waals surface area contributed by atoms with Gasteiger partial charge in [0.15, 0.2) is 11.5 Å². The highest BCUT2D eigenvalue weighted by Crippen LogP contribution is 2.26. The molecule has 0 saturated heterocycles. The minimum atomic E-state index is -0.816. The molecule has 0 bridgehead atoms. The van der Waals surface area contributed by atoms with Crippen LogP contribution in [-0.4, -0.2) is 45.3 Å². The molecule has 0 unspecified atom stereocenters. The number of aliphatic carboxylic acids is 1. The molecular formula is C27H47NO4. The van der Waals surface area contributed by atoms with Gasteiger partial charge in [0, 0.05) is 0 Å². The second kappa shape index (κ2) is 17.8. The standard InChI is InChI=1S/C27H47NO4/c1-3-5-7-9-11-13-15-19-28(20-16-14-12-10-8-6-4-2)24(27(31)32)21-23-17-18-25(29)26(30)22-23/h17-18,22,24,29-30H,3-16,19-21H2,1-2H3,(H,31,32)/t24-/m0/s1. The first-order valence-corrected chi connectivity index (χ1v) is 13.0. The largest absolute Gasteiger partial charge is 0.504 e. The van der Waals surface area contributed by atoms with Crippen LogP contribution in [0.5, 0.6) is 11.5 Å². The molecule has 0 saturated carbocycles. The lowest BCUT2D eigenvalue weighted by Gasteiger charge is -2.29. The molecule has 5 heteroatoms. The van der Waals surface area contributed by atoms with Crippen molar-refractivity contribution in [3.05, 3.63) is 23.8 Å². The number of hydrogen-bond acceptors (Lipinski definition) is 4. The van der Waals surface area contributed by atoms with Crippen molar-refractivity contribution in [3.8, 4) is 11.5 Å². The molecule has 0 aliphatic heterocycles. The quantitative estimate of drug-likeness (QED) is 0.149. The molecule has 1 aromatic rings. The molecule has 0 fully saturated rings. The van der Waals surface area contributed by atoms with Crippen molar-refractivity contribution >= 4 is 5.97 Å². The van der Waals surface area contributed by atoms with Gasteiger partial charge in [0.05, 0.1) is 0 Å². The van der Waals surface area contributed by atoms with Crippen molar-refractivity contribution in [1.82, 2.24) is 4.90 Å². The average molecular weight is 450 g/mol. The van der Waals surface area contributed by atoms with Crippen LogP contribution in [0.25, 0.3) is 0 Å². The highest BCUT2D eigenvalue weighted by atomic mass is 16.4. The summed E-state index contributed by atoms with van der Waals surface area (Å²) in [6.07, 6.45) is 17.3. The van der Waals surface area contributed by atoms with Gasteiger partial charge in [0.2, 0.25) is 0 Å². The third-order valence-electron chi connectivity index (χ3n) is 6.29. The number of hydrogen-bond donors (Lipinski definition) is 3. The molecule has 1 rings (SSSR count). The van der Waals surface area contributed by atoms with Gasteiger partial charge in [-0.2, -0.15) is 0 Å². The van der Waals surface area contributed by atoms with Crippen LogP contribution in [0, 0.1) is 0 Å². The predicted octanol–water partition coefficient (Wildman–Crippen LogP) is 6.90. The highest BCUT2D eigenvalue weighted by molar-refractivity contribution is 5.74. The van der Waals surface area contributed by atoms with Crippen LogP contribution >= 0.6 is 0 Å². The minimum absolute atomic E-state index is 0.177. The van der Waals surface area contributed by atoms with E-state index in [9.17, 15) is 20.1 Å². The smallest absolute Gasteiger partial charge is 0.321 e. The summed E-state index contributed by atoms with van der Waals surface area (Å²) in [5.74, 6) is -1.19. The number of carboxylic acids is 1. The molecule has 5 nitrogen and oxygen atoms in total. The Morgan fingerprint density at radius 1 is 0.750 bits per heavy atom. The van der Waals surface area contributed by atoms with Gasteiger partial charge in [-0.15, -0.1) is 0 Å². The van der Waals surface area contributed by atoms with E-state index in [0.29, 0.717) is 6.42 Å². The van der Waals surface area contributed by atoms with Crippen molar-refractivity contribution in [1.29, 1.82) is 0 Å². The van der Waals surface area contributed by atoms with Crippen molar-refractivity contribution in [3.63, 3.8) is 0 Å². The Hall–Kier alpha value is -1.75. The van der Waals surface area contributed by atoms with Crippen molar-refractivity contribution < 1.29 is 20.1 Å². The number of nitrogens with zero attached hydrogens (tertiary/aromatic N) is 1. The van der Waals surface area contributed by atoms with E-state index in [1.54, 1.807) is 6.07 Å². The van der Waals surface area contributed by atoms with E-state index >= 15 is 0 Å². The van der Waals surface area contributed by atoms with Crippen LogP contribution in [0.1, 0.15) is 109 Å². The molecular weight excluding hydrogens is 402 g/mol. The Bertz CT molecular complexity index is 602. The Balaban J connectivity index is 2.64. The van der Waals surface area contributed by atoms with E-state index in [0.717, 1.165) is 44.3 Å². The molecule has 0 aromatic heterocycles. The topological polar surface area (TPSA) is 81.0 Å². The van der Waals surface area contributed by atoms with Gasteiger partial charge in [0.25, 0.3) is 0 Å². The average Bonchev–Trinajstić information content (AvgIpc) is 2.77. The summed E-state index contributed by atoms with van der Waals surface area (Å²) in [4.78, 5) is 14.3. The zero-order valence-electron chi connectivity index (χ0n) is 20.5. The van der Waals surface area contributed by atoms with Crippen LogP contribution in [0.2, 0.25) is 0 Å². The number of rotatable bonds is 20. The monoisotopic (exact) mass is 449 g/mol. The van der Waals surface area contributed by atoms with Crippen LogP contribution in [-0.2, 0) is 11.2 Å². The van der Waals surface area contributed by atoms with Crippen molar-refractivity contribution in [2.24, 2.45) is 0 Å². The van der Waals surface area contributed by atoms with Crippen molar-refractivity contribution in [2.45, 2.75) is 116 Å². The summed E-state index contributed by atoms with van der Waals surface area (Å²) in [7, 11) is 0. The molecule has 0 spiro atoms. The van der Waals surface area contributed by atoms with E-state index in [1.807, 2.05) is 0 Å². The lowest BCUT2D eigenvalue weighted by Crippen LogP contribution is -2.44. The van der Waals surface area contributed by atoms with Gasteiger partial charge < -0.3 is 15.3 Å². The van der Waals surface area contributed by atoms with Gasteiger partial charge in [-0.3, -0.25) is 9.69 Å². The van der Waals surface area contributed by atoms with Crippen LogP contribution in [0.3, 0.4) is 0 Å². The van der Waals surface area contributed by atoms with Crippen LogP contribution in [0.4, 0.5) is 0 Å². The summed E-state index contributed by atoms with van der Waals surface area (Å²) in [5, 5.41) is 29.3. The normalized spacial score (nSPS) is 12.3. The molecule has 0 amide bonds. The van der Waals surface area contributed by atoms with Crippen LogP contribution in [0.15, 0.2) is 18.2 Å². The summed E-state index contributed by atoms with van der Waals surface area (Å²) >= 11 is 0. The van der Waals surface area contributed by atoms with E-state index in [1.165, 1.54) is 76.3 Å². The number of phenolic OH excluding ortho intramolecular Hbond substituents is 2. The fraction of sp³-hybridized carbons (Fsp3) is 0.741. The molecule has 0 radical (unpaired) electrons. The zero-order valence-corrected chi connectivity index (χ0v) is 20.5. The first-order valence-electron chi connectivity index (χ1n) is 13.0. The highest BCUT2D eigenvalue weighted by Gasteiger charge is 2.25. The minimum Gasteiger partial charge on any atom is -0.504 e. The molecule has 3 N–H and O–H groups in total. The van der Waals surface area contributed by atoms with Gasteiger partial charge in [-0.1, -0.05) is 97.0 Å². The fourth-order valence-electron chi connectivity index (χ4n) is 4.26. The number of benzene rings is 1. The van der Waals surface area contributed by atoms with E-state index in [-0.39, 0.29) is 11.5 Å². The Labute approximate surface area is 195 Å². The fourth-order valence-corrected chi connectivity index (χ4v) is 4.26. The number of aromatic hydroxyl groups is 2. The maximum atomic E-state index is 12.2. The Morgan fingerprint density at radius 2 is 1.22 bits per heavy atom. The van der Waals surface area contributed by atoms with E-state index in [2.05, 4.69) is 18.7 Å². The van der Waals surface area contributed by atoms with Gasteiger partial charge in [-0.25, -0.2) is 0 Å². The molecule has 1 atom stereocenters. The second-order valence-electron chi connectivity index (χ2n) is 9.16. The van der Waals surface area contributed by atoms with Crippen molar-refractivity contribution in [2.75, 3.05) is 13.1 Å². The summed E-state index contributed by atoms with van der Waals surface area (Å²) in [6, 6.07) is 4.00. The third kappa shape index (κ3) is 12.3. The number of unbranched alkanes of at least 4 members (excludes halogenated alkanes) is 12. The van der Waals surface area contributed by atoms with Gasteiger partial charge in [0.1, 0.15) is 6.04 Å². The molecule has 0 aliphatic carbocycles.